The van der Waals surface area contributed by atoms with Crippen LogP contribution in [0.25, 0.3) is 0 Å². The summed E-state index contributed by atoms with van der Waals surface area (Å²) < 4.78 is 0. The molecule has 0 aromatic rings. The van der Waals surface area contributed by atoms with E-state index in [1.165, 1.54) is 38.9 Å². The average molecular weight is 240 g/mol. The molecule has 2 atom stereocenters. The van der Waals surface area contributed by atoms with Gasteiger partial charge in [0.05, 0.1) is 6.10 Å². The Hall–Kier alpha value is -0.120. The number of nitrogens with one attached hydrogen (secondary N) is 1. The molecule has 1 saturated heterocycles. The smallest absolute Gasteiger partial charge is 0.0621 e. The molecule has 2 N–H and O–H groups in total. The molecule has 2 rings (SSSR count). The van der Waals surface area contributed by atoms with Gasteiger partial charge < -0.3 is 15.3 Å². The van der Waals surface area contributed by atoms with Crippen molar-refractivity contribution in [2.45, 2.75) is 64.6 Å². The first-order valence-electron chi connectivity index (χ1n) is 7.20. The molecule has 3 nitrogen and oxygen atoms in total. The highest BCUT2D eigenvalue weighted by Gasteiger charge is 2.47. The van der Waals surface area contributed by atoms with Gasteiger partial charge in [-0.2, -0.15) is 0 Å². The lowest BCUT2D eigenvalue weighted by Crippen LogP contribution is -2.62. The third kappa shape index (κ3) is 2.83. The van der Waals surface area contributed by atoms with Crippen molar-refractivity contribution in [1.29, 1.82) is 0 Å². The van der Waals surface area contributed by atoms with Gasteiger partial charge in [-0.1, -0.05) is 20.8 Å². The summed E-state index contributed by atoms with van der Waals surface area (Å²) in [6, 6.07) is 1.18. The van der Waals surface area contributed by atoms with Gasteiger partial charge in [0, 0.05) is 17.5 Å². The van der Waals surface area contributed by atoms with Crippen LogP contribution in [0, 0.1) is 5.41 Å². The van der Waals surface area contributed by atoms with Crippen LogP contribution >= 0.6 is 0 Å². The van der Waals surface area contributed by atoms with E-state index in [0.29, 0.717) is 12.1 Å². The Balaban J connectivity index is 1.72. The molecule has 100 valence electrons. The van der Waals surface area contributed by atoms with Crippen LogP contribution in [0.1, 0.15) is 46.5 Å². The normalized spacial score (nSPS) is 34.6. The van der Waals surface area contributed by atoms with Gasteiger partial charge in [0.1, 0.15) is 0 Å². The summed E-state index contributed by atoms with van der Waals surface area (Å²) in [5, 5.41) is 13.5. The van der Waals surface area contributed by atoms with Gasteiger partial charge >= 0.3 is 0 Å². The van der Waals surface area contributed by atoms with E-state index in [2.05, 4.69) is 31.0 Å². The molecule has 1 aliphatic carbocycles. The second-order valence-corrected chi connectivity index (χ2v) is 6.41. The molecule has 2 unspecified atom stereocenters. The Morgan fingerprint density at radius 3 is 2.41 bits per heavy atom. The lowest BCUT2D eigenvalue weighted by Gasteiger charge is -2.51. The summed E-state index contributed by atoms with van der Waals surface area (Å²) in [5.41, 5.74) is 0.0700. The first-order valence-corrected chi connectivity index (χ1v) is 7.20. The zero-order valence-electron chi connectivity index (χ0n) is 11.6. The van der Waals surface area contributed by atoms with E-state index in [4.69, 9.17) is 0 Å². The van der Waals surface area contributed by atoms with Crippen molar-refractivity contribution in [2.24, 2.45) is 5.41 Å². The fraction of sp³-hybridized carbons (Fsp3) is 1.00. The van der Waals surface area contributed by atoms with Gasteiger partial charge in [0.25, 0.3) is 0 Å². The minimum absolute atomic E-state index is 0.0700. The highest BCUT2D eigenvalue weighted by Crippen LogP contribution is 2.40. The maximum absolute atomic E-state index is 9.74. The largest absolute Gasteiger partial charge is 0.392 e. The fourth-order valence-corrected chi connectivity index (χ4v) is 3.11. The van der Waals surface area contributed by atoms with E-state index in [0.717, 1.165) is 6.42 Å². The van der Waals surface area contributed by atoms with Crippen LogP contribution in [-0.4, -0.2) is 47.8 Å². The van der Waals surface area contributed by atoms with E-state index in [9.17, 15) is 5.11 Å². The van der Waals surface area contributed by atoms with Crippen LogP contribution in [0.15, 0.2) is 0 Å². The molecule has 1 saturated carbocycles. The van der Waals surface area contributed by atoms with Gasteiger partial charge in [-0.25, -0.2) is 0 Å². The number of likely N-dealkylation sites (tertiary alicyclic amines) is 1. The van der Waals surface area contributed by atoms with E-state index in [1.807, 2.05) is 0 Å². The first kappa shape index (κ1) is 13.3. The zero-order valence-corrected chi connectivity index (χ0v) is 11.6. The maximum atomic E-state index is 9.74. The molecule has 2 fully saturated rings. The van der Waals surface area contributed by atoms with Crippen molar-refractivity contribution in [3.63, 3.8) is 0 Å². The number of hydrogen-bond acceptors (Lipinski definition) is 3. The van der Waals surface area contributed by atoms with Crippen LogP contribution in [0.4, 0.5) is 0 Å². The van der Waals surface area contributed by atoms with E-state index in [-0.39, 0.29) is 11.5 Å². The van der Waals surface area contributed by atoms with Crippen molar-refractivity contribution in [3.8, 4) is 0 Å². The summed E-state index contributed by atoms with van der Waals surface area (Å²) in [5.74, 6) is 0. The number of hydrogen-bond donors (Lipinski definition) is 2. The van der Waals surface area contributed by atoms with Crippen molar-refractivity contribution >= 4 is 0 Å². The molecule has 0 aromatic heterocycles. The van der Waals surface area contributed by atoms with Gasteiger partial charge in [-0.3, -0.25) is 0 Å². The van der Waals surface area contributed by atoms with Crippen molar-refractivity contribution in [2.75, 3.05) is 19.6 Å². The van der Waals surface area contributed by atoms with E-state index in [1.54, 1.807) is 0 Å². The van der Waals surface area contributed by atoms with Gasteiger partial charge in [-0.15, -0.1) is 0 Å². The number of rotatable bonds is 4. The predicted octanol–water partition coefficient (Wildman–Crippen LogP) is 1.61. The lowest BCUT2D eigenvalue weighted by atomic mass is 9.64. The maximum Gasteiger partial charge on any atom is 0.0621 e. The second kappa shape index (κ2) is 5.25. The van der Waals surface area contributed by atoms with Crippen molar-refractivity contribution in [3.05, 3.63) is 0 Å². The molecule has 0 amide bonds. The van der Waals surface area contributed by atoms with Crippen LogP contribution in [0.5, 0.6) is 0 Å². The second-order valence-electron chi connectivity index (χ2n) is 6.41. The standard InChI is InChI=1S/C14H28N2O/c1-4-7-16-8-5-11(6-9-16)15-12-10-13(17)14(12,2)3/h11-13,15,17H,4-10H2,1-3H3. The topological polar surface area (TPSA) is 35.5 Å². The fourth-order valence-electron chi connectivity index (χ4n) is 3.11. The van der Waals surface area contributed by atoms with Crippen LogP contribution in [0.2, 0.25) is 0 Å². The summed E-state index contributed by atoms with van der Waals surface area (Å²) in [6.07, 6.45) is 4.62. The highest BCUT2D eigenvalue weighted by molar-refractivity contribution is 5.03. The molecule has 0 spiro atoms. The van der Waals surface area contributed by atoms with Crippen LogP contribution < -0.4 is 5.32 Å². The number of piperidine rings is 1. The van der Waals surface area contributed by atoms with E-state index < -0.39 is 0 Å². The van der Waals surface area contributed by atoms with E-state index >= 15 is 0 Å². The summed E-state index contributed by atoms with van der Waals surface area (Å²) in [6.45, 7) is 10.3. The number of aliphatic hydroxyl groups is 1. The Bertz CT molecular complexity index is 247. The summed E-state index contributed by atoms with van der Waals surface area (Å²) >= 11 is 0. The highest BCUT2D eigenvalue weighted by atomic mass is 16.3. The van der Waals surface area contributed by atoms with Gasteiger partial charge in [0.15, 0.2) is 0 Å². The molecule has 0 radical (unpaired) electrons. The minimum Gasteiger partial charge on any atom is -0.392 e. The predicted molar refractivity (Wildman–Crippen MR) is 71.1 cm³/mol. The molecule has 0 bridgehead atoms. The summed E-state index contributed by atoms with van der Waals surface area (Å²) in [4.78, 5) is 2.57. The monoisotopic (exact) mass is 240 g/mol. The quantitative estimate of drug-likeness (QED) is 0.783. The molecule has 2 aliphatic rings. The third-order valence-corrected chi connectivity index (χ3v) is 4.78. The molecular weight excluding hydrogens is 212 g/mol. The van der Waals surface area contributed by atoms with Gasteiger partial charge in [0.2, 0.25) is 0 Å². The van der Waals surface area contributed by atoms with Crippen molar-refractivity contribution < 1.29 is 5.11 Å². The Morgan fingerprint density at radius 2 is 1.94 bits per heavy atom. The molecule has 0 aromatic carbocycles. The minimum atomic E-state index is -0.111. The number of nitrogens with zero attached hydrogens (tertiary/aromatic N) is 1. The average Bonchev–Trinajstić information content (AvgIpc) is 2.31. The molecule has 1 aliphatic heterocycles. The molecule has 1 heterocycles. The summed E-state index contributed by atoms with van der Waals surface area (Å²) in [7, 11) is 0. The van der Waals surface area contributed by atoms with Crippen molar-refractivity contribution in [1.82, 2.24) is 10.2 Å². The van der Waals surface area contributed by atoms with Gasteiger partial charge in [-0.05, 0) is 45.3 Å². The molecule has 3 heteroatoms. The Morgan fingerprint density at radius 1 is 1.29 bits per heavy atom. The molecule has 17 heavy (non-hydrogen) atoms. The SMILES string of the molecule is CCCN1CCC(NC2CC(O)C2(C)C)CC1. The Kier molecular flexibility index (Phi) is 4.11. The lowest BCUT2D eigenvalue weighted by molar-refractivity contribution is -0.0777. The Labute approximate surface area is 106 Å². The third-order valence-electron chi connectivity index (χ3n) is 4.78. The van der Waals surface area contributed by atoms with Crippen LogP contribution in [0.3, 0.4) is 0 Å². The molecular formula is C14H28N2O. The zero-order chi connectivity index (χ0) is 12.5. The van der Waals surface area contributed by atoms with Crippen LogP contribution in [-0.2, 0) is 0 Å². The number of aliphatic hydroxyl groups excluding tert-OH is 1. The first-order chi connectivity index (χ1) is 8.04.